The van der Waals surface area contributed by atoms with Crippen LogP contribution >= 0.6 is 0 Å². The third-order valence-electron chi connectivity index (χ3n) is 3.95. The van der Waals surface area contributed by atoms with Gasteiger partial charge in [0.2, 0.25) is 0 Å². The first-order chi connectivity index (χ1) is 9.93. The molecule has 1 nitrogen and oxygen atoms in total. The first-order valence-corrected chi connectivity index (χ1v) is 7.46. The molecule has 1 heterocycles. The normalized spacial score (nSPS) is 17.6. The Morgan fingerprint density at radius 1 is 0.800 bits per heavy atom. The molecule has 0 N–H and O–H groups in total. The topological polar surface area (TPSA) is 3.24 Å². The molecule has 2 aromatic rings. The summed E-state index contributed by atoms with van der Waals surface area (Å²) in [7, 11) is 0. The molecule has 1 heteroatoms. The molecule has 2 aromatic carbocycles. The molecule has 3 rings (SSSR count). The number of rotatable bonds is 4. The summed E-state index contributed by atoms with van der Waals surface area (Å²) in [6, 6.07) is 21.8. The zero-order valence-corrected chi connectivity index (χ0v) is 11.8. The lowest BCUT2D eigenvalue weighted by atomic mass is 10.0. The van der Waals surface area contributed by atoms with Crippen LogP contribution < -0.4 is 0 Å². The van der Waals surface area contributed by atoms with Crippen LogP contribution in [0.25, 0.3) is 6.08 Å². The van der Waals surface area contributed by atoms with E-state index in [1.165, 1.54) is 37.1 Å². The second-order valence-electron chi connectivity index (χ2n) is 5.37. The van der Waals surface area contributed by atoms with E-state index in [0.29, 0.717) is 6.04 Å². The van der Waals surface area contributed by atoms with Crippen molar-refractivity contribution >= 4 is 6.08 Å². The van der Waals surface area contributed by atoms with Crippen LogP contribution in [0.5, 0.6) is 0 Å². The molecule has 1 unspecified atom stereocenters. The van der Waals surface area contributed by atoms with Gasteiger partial charge in [0.1, 0.15) is 0 Å². The standard InChI is InChI=1S/C19H21N/c1-3-9-17(10-4-1)13-14-19(20-15-7-8-16-20)18-11-5-2-6-12-18/h1-6,9-14,19H,7-8,15-16H2/b14-13+. The molecule has 0 spiro atoms. The Morgan fingerprint density at radius 2 is 1.40 bits per heavy atom. The summed E-state index contributed by atoms with van der Waals surface area (Å²) < 4.78 is 0. The highest BCUT2D eigenvalue weighted by Crippen LogP contribution is 2.26. The van der Waals surface area contributed by atoms with Crippen molar-refractivity contribution in [3.05, 3.63) is 77.9 Å². The molecule has 1 aliphatic heterocycles. The quantitative estimate of drug-likeness (QED) is 0.783. The lowest BCUT2D eigenvalue weighted by Crippen LogP contribution is -2.24. The molecule has 1 atom stereocenters. The van der Waals surface area contributed by atoms with Crippen LogP contribution in [0.15, 0.2) is 66.7 Å². The first kappa shape index (κ1) is 13.1. The lowest BCUT2D eigenvalue weighted by molar-refractivity contribution is 0.289. The van der Waals surface area contributed by atoms with Crippen LogP contribution in [0.1, 0.15) is 30.0 Å². The van der Waals surface area contributed by atoms with Crippen LogP contribution in [0.4, 0.5) is 0 Å². The molecular formula is C19H21N. The fourth-order valence-electron chi connectivity index (χ4n) is 2.88. The van der Waals surface area contributed by atoms with Crippen molar-refractivity contribution in [3.63, 3.8) is 0 Å². The van der Waals surface area contributed by atoms with E-state index >= 15 is 0 Å². The average molecular weight is 263 g/mol. The molecule has 0 aliphatic carbocycles. The minimum absolute atomic E-state index is 0.402. The predicted octanol–water partition coefficient (Wildman–Crippen LogP) is 4.54. The molecule has 1 fully saturated rings. The van der Waals surface area contributed by atoms with Gasteiger partial charge in [-0.15, -0.1) is 0 Å². The van der Waals surface area contributed by atoms with E-state index in [4.69, 9.17) is 0 Å². The molecule has 0 radical (unpaired) electrons. The van der Waals surface area contributed by atoms with E-state index in [-0.39, 0.29) is 0 Å². The van der Waals surface area contributed by atoms with Crippen molar-refractivity contribution in [2.75, 3.05) is 13.1 Å². The van der Waals surface area contributed by atoms with Crippen LogP contribution in [0, 0.1) is 0 Å². The van der Waals surface area contributed by atoms with Gasteiger partial charge in [-0.25, -0.2) is 0 Å². The molecule has 0 saturated carbocycles. The fourth-order valence-corrected chi connectivity index (χ4v) is 2.88. The third-order valence-corrected chi connectivity index (χ3v) is 3.95. The van der Waals surface area contributed by atoms with Gasteiger partial charge < -0.3 is 0 Å². The van der Waals surface area contributed by atoms with E-state index in [1.54, 1.807) is 0 Å². The second-order valence-corrected chi connectivity index (χ2v) is 5.37. The maximum atomic E-state index is 2.58. The van der Waals surface area contributed by atoms with E-state index in [9.17, 15) is 0 Å². The second kappa shape index (κ2) is 6.53. The summed E-state index contributed by atoms with van der Waals surface area (Å²) in [5, 5.41) is 0. The number of hydrogen-bond donors (Lipinski definition) is 0. The SMILES string of the molecule is C(=C\C(c1ccccc1)N1CCCC1)/c1ccccc1. The number of nitrogens with zero attached hydrogens (tertiary/aromatic N) is 1. The minimum Gasteiger partial charge on any atom is -0.293 e. The zero-order chi connectivity index (χ0) is 13.6. The summed E-state index contributed by atoms with van der Waals surface area (Å²) in [4.78, 5) is 2.58. The van der Waals surface area contributed by atoms with Gasteiger partial charge in [-0.3, -0.25) is 4.90 Å². The first-order valence-electron chi connectivity index (χ1n) is 7.46. The number of likely N-dealkylation sites (tertiary alicyclic amines) is 1. The average Bonchev–Trinajstić information content (AvgIpc) is 3.04. The van der Waals surface area contributed by atoms with E-state index in [1.807, 2.05) is 0 Å². The summed E-state index contributed by atoms with van der Waals surface area (Å²) in [6.07, 6.45) is 7.23. The summed E-state index contributed by atoms with van der Waals surface area (Å²) >= 11 is 0. The van der Waals surface area contributed by atoms with E-state index in [0.717, 1.165) is 0 Å². The van der Waals surface area contributed by atoms with Crippen molar-refractivity contribution in [3.8, 4) is 0 Å². The van der Waals surface area contributed by atoms with Crippen LogP contribution in [0.2, 0.25) is 0 Å². The zero-order valence-electron chi connectivity index (χ0n) is 11.8. The van der Waals surface area contributed by atoms with Crippen molar-refractivity contribution in [1.82, 2.24) is 4.90 Å². The molecule has 0 bridgehead atoms. The van der Waals surface area contributed by atoms with Gasteiger partial charge in [0.15, 0.2) is 0 Å². The van der Waals surface area contributed by atoms with Crippen molar-refractivity contribution < 1.29 is 0 Å². The lowest BCUT2D eigenvalue weighted by Gasteiger charge is -2.25. The Labute approximate surface area is 121 Å². The van der Waals surface area contributed by atoms with Gasteiger partial charge in [0.25, 0.3) is 0 Å². The van der Waals surface area contributed by atoms with Crippen LogP contribution in [0.3, 0.4) is 0 Å². The summed E-state index contributed by atoms with van der Waals surface area (Å²) in [5.41, 5.74) is 2.66. The Morgan fingerprint density at radius 3 is 2.05 bits per heavy atom. The summed E-state index contributed by atoms with van der Waals surface area (Å²) in [5.74, 6) is 0. The van der Waals surface area contributed by atoms with Gasteiger partial charge in [0.05, 0.1) is 6.04 Å². The highest BCUT2D eigenvalue weighted by molar-refractivity contribution is 5.50. The molecule has 0 amide bonds. The van der Waals surface area contributed by atoms with Gasteiger partial charge in [-0.1, -0.05) is 72.8 Å². The monoisotopic (exact) mass is 263 g/mol. The molecular weight excluding hydrogens is 242 g/mol. The Hall–Kier alpha value is -1.86. The van der Waals surface area contributed by atoms with Gasteiger partial charge in [-0.05, 0) is 37.1 Å². The Balaban J connectivity index is 1.84. The van der Waals surface area contributed by atoms with Gasteiger partial charge in [0, 0.05) is 0 Å². The third kappa shape index (κ3) is 3.17. The van der Waals surface area contributed by atoms with E-state index < -0.39 is 0 Å². The molecule has 20 heavy (non-hydrogen) atoms. The van der Waals surface area contributed by atoms with Crippen molar-refractivity contribution in [2.45, 2.75) is 18.9 Å². The van der Waals surface area contributed by atoms with Crippen LogP contribution in [-0.2, 0) is 0 Å². The molecule has 1 aliphatic rings. The van der Waals surface area contributed by atoms with Gasteiger partial charge >= 0.3 is 0 Å². The Bertz CT molecular complexity index is 538. The maximum absolute atomic E-state index is 2.58. The van der Waals surface area contributed by atoms with Gasteiger partial charge in [-0.2, -0.15) is 0 Å². The Kier molecular flexibility index (Phi) is 4.29. The highest BCUT2D eigenvalue weighted by Gasteiger charge is 2.20. The number of benzene rings is 2. The number of hydrogen-bond acceptors (Lipinski definition) is 1. The molecule has 1 saturated heterocycles. The molecule has 102 valence electrons. The smallest absolute Gasteiger partial charge is 0.0534 e. The summed E-state index contributed by atoms with van der Waals surface area (Å²) in [6.45, 7) is 2.41. The molecule has 0 aromatic heterocycles. The van der Waals surface area contributed by atoms with E-state index in [2.05, 4.69) is 77.7 Å². The van der Waals surface area contributed by atoms with Crippen molar-refractivity contribution in [2.24, 2.45) is 0 Å². The highest BCUT2D eigenvalue weighted by atomic mass is 15.2. The minimum atomic E-state index is 0.402. The maximum Gasteiger partial charge on any atom is 0.0534 e. The van der Waals surface area contributed by atoms with Crippen LogP contribution in [-0.4, -0.2) is 18.0 Å². The predicted molar refractivity (Wildman–Crippen MR) is 85.5 cm³/mol. The largest absolute Gasteiger partial charge is 0.293 e. The van der Waals surface area contributed by atoms with Crippen molar-refractivity contribution in [1.29, 1.82) is 0 Å². The fraction of sp³-hybridized carbons (Fsp3) is 0.263.